The Balaban J connectivity index is 2.98. The highest BCUT2D eigenvalue weighted by molar-refractivity contribution is 4.50. The fourth-order valence-corrected chi connectivity index (χ4v) is 2.00. The van der Waals surface area contributed by atoms with Crippen LogP contribution in [0.4, 0.5) is 0 Å². The first-order valence-electron chi connectivity index (χ1n) is 9.75. The molecular weight excluding hydrogens is 322 g/mol. The summed E-state index contributed by atoms with van der Waals surface area (Å²) in [6.45, 7) is 16.0. The Bertz CT molecular complexity index is 228. The molecule has 0 aliphatic rings. The first kappa shape index (κ1) is 24.8. The van der Waals surface area contributed by atoms with Crippen molar-refractivity contribution in [1.29, 1.82) is 0 Å². The van der Waals surface area contributed by atoms with Gasteiger partial charge in [-0.25, -0.2) is 0 Å². The molecule has 0 radical (unpaired) electrons. The van der Waals surface area contributed by atoms with Crippen LogP contribution >= 0.6 is 0 Å². The summed E-state index contributed by atoms with van der Waals surface area (Å²) in [6.07, 6.45) is 2.35. The van der Waals surface area contributed by atoms with Crippen molar-refractivity contribution in [2.75, 3.05) is 72.6 Å². The van der Waals surface area contributed by atoms with Gasteiger partial charge in [-0.15, -0.1) is 0 Å². The third kappa shape index (κ3) is 23.8. The van der Waals surface area contributed by atoms with Crippen LogP contribution in [0.1, 0.15) is 40.5 Å². The molecule has 0 bridgehead atoms. The number of hydrogen-bond acceptors (Lipinski definition) is 6. The molecule has 0 amide bonds. The summed E-state index contributed by atoms with van der Waals surface area (Å²) in [7, 11) is 0. The summed E-state index contributed by atoms with van der Waals surface area (Å²) in [5.74, 6) is 0.750. The second-order valence-electron chi connectivity index (χ2n) is 6.71. The monoisotopic (exact) mass is 363 g/mol. The lowest BCUT2D eigenvalue weighted by Gasteiger charge is -2.09. The lowest BCUT2D eigenvalue weighted by molar-refractivity contribution is -0.0111. The van der Waals surface area contributed by atoms with Crippen LogP contribution in [0.2, 0.25) is 0 Å². The normalized spacial score (nSPS) is 11.8. The van der Waals surface area contributed by atoms with Crippen molar-refractivity contribution in [3.63, 3.8) is 0 Å². The van der Waals surface area contributed by atoms with Gasteiger partial charge in [0.15, 0.2) is 0 Å². The molecule has 0 saturated carbocycles. The number of hydrogen-bond donors (Lipinski definition) is 1. The van der Waals surface area contributed by atoms with Gasteiger partial charge in [-0.1, -0.05) is 27.7 Å². The number of nitrogens with one attached hydrogen (secondary N) is 1. The van der Waals surface area contributed by atoms with E-state index in [1.54, 1.807) is 0 Å². The Morgan fingerprint density at radius 1 is 0.560 bits per heavy atom. The summed E-state index contributed by atoms with van der Waals surface area (Å²) < 4.78 is 27.3. The summed E-state index contributed by atoms with van der Waals surface area (Å²) in [6, 6.07) is 0.503. The molecule has 152 valence electrons. The summed E-state index contributed by atoms with van der Waals surface area (Å²) >= 11 is 0. The van der Waals surface area contributed by atoms with Crippen molar-refractivity contribution in [3.05, 3.63) is 0 Å². The molecular formula is C19H41NO5. The Kier molecular flexibility index (Phi) is 19.9. The van der Waals surface area contributed by atoms with Crippen molar-refractivity contribution in [2.24, 2.45) is 5.92 Å². The average Bonchev–Trinajstić information content (AvgIpc) is 2.56. The minimum Gasteiger partial charge on any atom is -0.379 e. The maximum atomic E-state index is 5.50. The Morgan fingerprint density at radius 2 is 0.960 bits per heavy atom. The van der Waals surface area contributed by atoms with Crippen LogP contribution in [0.25, 0.3) is 0 Å². The number of ether oxygens (including phenoxy) is 5. The molecule has 6 heteroatoms. The molecule has 0 spiro atoms. The van der Waals surface area contributed by atoms with Gasteiger partial charge in [-0.05, 0) is 18.8 Å². The molecule has 25 heavy (non-hydrogen) atoms. The molecule has 0 aliphatic heterocycles. The zero-order valence-corrected chi connectivity index (χ0v) is 16.9. The van der Waals surface area contributed by atoms with Gasteiger partial charge in [0.25, 0.3) is 0 Å². The highest BCUT2D eigenvalue weighted by Crippen LogP contribution is 2.02. The summed E-state index contributed by atoms with van der Waals surface area (Å²) in [4.78, 5) is 0. The molecule has 0 atom stereocenters. The molecule has 0 heterocycles. The van der Waals surface area contributed by atoms with Gasteiger partial charge in [0.1, 0.15) is 0 Å². The van der Waals surface area contributed by atoms with Crippen molar-refractivity contribution in [1.82, 2.24) is 5.32 Å². The molecule has 0 saturated heterocycles. The van der Waals surface area contributed by atoms with E-state index in [-0.39, 0.29) is 0 Å². The average molecular weight is 364 g/mol. The summed E-state index contributed by atoms with van der Waals surface area (Å²) in [5.41, 5.74) is 0. The molecule has 6 nitrogen and oxygen atoms in total. The maximum absolute atomic E-state index is 5.50. The van der Waals surface area contributed by atoms with E-state index >= 15 is 0 Å². The van der Waals surface area contributed by atoms with Crippen molar-refractivity contribution in [3.8, 4) is 0 Å². The number of rotatable bonds is 20. The van der Waals surface area contributed by atoms with Crippen molar-refractivity contribution >= 4 is 0 Å². The highest BCUT2D eigenvalue weighted by Gasteiger charge is 1.96. The predicted octanol–water partition coefficient (Wildman–Crippen LogP) is 2.50. The van der Waals surface area contributed by atoms with E-state index in [0.29, 0.717) is 58.9 Å². The fourth-order valence-electron chi connectivity index (χ4n) is 2.00. The van der Waals surface area contributed by atoms with E-state index in [9.17, 15) is 0 Å². The Hall–Kier alpha value is -0.240. The smallest absolute Gasteiger partial charge is 0.0701 e. The first-order chi connectivity index (χ1) is 12.1. The van der Waals surface area contributed by atoms with Crippen molar-refractivity contribution in [2.45, 2.75) is 46.6 Å². The minimum atomic E-state index is 0.503. The SMILES string of the molecule is CC(C)CCCOCCOCCOCCOCCOCCNC(C)C. The van der Waals surface area contributed by atoms with E-state index in [2.05, 4.69) is 33.0 Å². The molecule has 0 aliphatic carbocycles. The van der Waals surface area contributed by atoms with Gasteiger partial charge < -0.3 is 29.0 Å². The Labute approximate surface area is 154 Å². The molecule has 0 rings (SSSR count). The van der Waals surface area contributed by atoms with Crippen LogP contribution < -0.4 is 5.32 Å². The fraction of sp³-hybridized carbons (Fsp3) is 1.00. The molecule has 0 fully saturated rings. The van der Waals surface area contributed by atoms with E-state index < -0.39 is 0 Å². The molecule has 0 unspecified atom stereocenters. The molecule has 0 aromatic heterocycles. The Morgan fingerprint density at radius 3 is 1.36 bits per heavy atom. The lowest BCUT2D eigenvalue weighted by Crippen LogP contribution is -2.27. The second-order valence-corrected chi connectivity index (χ2v) is 6.71. The van der Waals surface area contributed by atoms with Crippen LogP contribution in [-0.2, 0) is 23.7 Å². The van der Waals surface area contributed by atoms with Crippen LogP contribution in [0.15, 0.2) is 0 Å². The van der Waals surface area contributed by atoms with Gasteiger partial charge >= 0.3 is 0 Å². The molecule has 1 N–H and O–H groups in total. The van der Waals surface area contributed by atoms with E-state index in [0.717, 1.165) is 32.1 Å². The van der Waals surface area contributed by atoms with Gasteiger partial charge in [-0.2, -0.15) is 0 Å². The molecule has 0 aromatic rings. The van der Waals surface area contributed by atoms with Crippen LogP contribution in [0, 0.1) is 5.92 Å². The van der Waals surface area contributed by atoms with E-state index in [1.165, 1.54) is 6.42 Å². The van der Waals surface area contributed by atoms with Crippen LogP contribution in [0.5, 0.6) is 0 Å². The van der Waals surface area contributed by atoms with Crippen LogP contribution in [0.3, 0.4) is 0 Å². The predicted molar refractivity (Wildman–Crippen MR) is 101 cm³/mol. The lowest BCUT2D eigenvalue weighted by atomic mass is 10.1. The first-order valence-corrected chi connectivity index (χ1v) is 9.75. The van der Waals surface area contributed by atoms with E-state index in [4.69, 9.17) is 23.7 Å². The van der Waals surface area contributed by atoms with Crippen molar-refractivity contribution < 1.29 is 23.7 Å². The highest BCUT2D eigenvalue weighted by atomic mass is 16.6. The maximum Gasteiger partial charge on any atom is 0.0701 e. The second kappa shape index (κ2) is 20.1. The zero-order chi connectivity index (χ0) is 18.6. The third-order valence-electron chi connectivity index (χ3n) is 3.36. The summed E-state index contributed by atoms with van der Waals surface area (Å²) in [5, 5.41) is 3.30. The van der Waals surface area contributed by atoms with Gasteiger partial charge in [0.05, 0.1) is 59.5 Å². The van der Waals surface area contributed by atoms with Gasteiger partial charge in [0.2, 0.25) is 0 Å². The van der Waals surface area contributed by atoms with Gasteiger partial charge in [-0.3, -0.25) is 0 Å². The topological polar surface area (TPSA) is 58.2 Å². The zero-order valence-electron chi connectivity index (χ0n) is 16.9. The standard InChI is InChI=1S/C19H41NO5/c1-18(2)6-5-8-21-10-12-23-14-16-25-17-15-24-13-11-22-9-7-20-19(3)4/h18-20H,5-17H2,1-4H3. The van der Waals surface area contributed by atoms with Crippen LogP contribution in [-0.4, -0.2) is 78.7 Å². The largest absolute Gasteiger partial charge is 0.379 e. The van der Waals surface area contributed by atoms with E-state index in [1.807, 2.05) is 0 Å². The minimum absolute atomic E-state index is 0.503. The third-order valence-corrected chi connectivity index (χ3v) is 3.36. The quantitative estimate of drug-likeness (QED) is 0.335. The molecule has 0 aromatic carbocycles. The van der Waals surface area contributed by atoms with Gasteiger partial charge in [0, 0.05) is 19.2 Å².